The summed E-state index contributed by atoms with van der Waals surface area (Å²) >= 11 is 12.5. The molecule has 8 heteroatoms. The monoisotopic (exact) mass is 405 g/mol. The zero-order valence-corrected chi connectivity index (χ0v) is 16.1. The van der Waals surface area contributed by atoms with Crippen LogP contribution in [-0.2, 0) is 20.9 Å². The van der Waals surface area contributed by atoms with Gasteiger partial charge in [0, 0.05) is 27.4 Å². The number of ether oxygens (including phenoxy) is 1. The predicted octanol–water partition coefficient (Wildman–Crippen LogP) is 3.21. The van der Waals surface area contributed by atoms with Crippen molar-refractivity contribution in [2.75, 3.05) is 4.90 Å². The second kappa shape index (κ2) is 6.06. The molecule has 27 heavy (non-hydrogen) atoms. The van der Waals surface area contributed by atoms with Crippen LogP contribution in [0.5, 0.6) is 0 Å². The van der Waals surface area contributed by atoms with Crippen LogP contribution in [0, 0.1) is 18.8 Å². The number of rotatable bonds is 3. The summed E-state index contributed by atoms with van der Waals surface area (Å²) in [5.74, 6) is -0.755. The van der Waals surface area contributed by atoms with Crippen LogP contribution in [0.15, 0.2) is 24.3 Å². The van der Waals surface area contributed by atoms with Crippen LogP contribution < -0.4 is 4.90 Å². The first-order valence-electron chi connectivity index (χ1n) is 8.96. The zero-order valence-electron chi connectivity index (χ0n) is 14.6. The molecule has 1 aromatic carbocycles. The topological polar surface area (TPSA) is 64.4 Å². The molecule has 6 nitrogen and oxygen atoms in total. The lowest BCUT2D eigenvalue weighted by molar-refractivity contribution is -0.124. The van der Waals surface area contributed by atoms with Crippen molar-refractivity contribution in [2.24, 2.45) is 11.8 Å². The van der Waals surface area contributed by atoms with E-state index in [1.54, 1.807) is 28.9 Å². The number of aromatic nitrogens is 2. The van der Waals surface area contributed by atoms with Crippen LogP contribution in [0.3, 0.4) is 0 Å². The Hall–Kier alpha value is -1.89. The number of anilines is 1. The van der Waals surface area contributed by atoms with Crippen LogP contribution in [0.2, 0.25) is 10.0 Å². The van der Waals surface area contributed by atoms with Gasteiger partial charge in [-0.05, 0) is 31.9 Å². The summed E-state index contributed by atoms with van der Waals surface area (Å²) in [4.78, 5) is 27.1. The molecule has 2 amide bonds. The van der Waals surface area contributed by atoms with E-state index >= 15 is 0 Å². The molecule has 1 aromatic heterocycles. The van der Waals surface area contributed by atoms with E-state index in [0.29, 0.717) is 22.4 Å². The molecule has 4 atom stereocenters. The Kier molecular flexibility index (Phi) is 3.86. The molecule has 3 aliphatic heterocycles. The van der Waals surface area contributed by atoms with E-state index in [0.717, 1.165) is 24.1 Å². The van der Waals surface area contributed by atoms with Crippen LogP contribution in [0.25, 0.3) is 0 Å². The van der Waals surface area contributed by atoms with Gasteiger partial charge >= 0.3 is 0 Å². The standard InChI is InChI=1S/C19H17Cl2N3O3/c1-9-7-15(22-23(9)8-10-11(20)3-2-4-12(10)21)24-18(25)16-13-5-6-14(27-13)17(16)19(24)26/h2-4,7,13-14,16-17H,5-6,8H2,1H3/t13-,14+,16-,17+. The van der Waals surface area contributed by atoms with Gasteiger partial charge in [0.15, 0.2) is 5.82 Å². The first-order valence-corrected chi connectivity index (χ1v) is 9.72. The molecule has 3 fully saturated rings. The van der Waals surface area contributed by atoms with Crippen molar-refractivity contribution in [1.29, 1.82) is 0 Å². The van der Waals surface area contributed by atoms with E-state index < -0.39 is 0 Å². The van der Waals surface area contributed by atoms with Crippen molar-refractivity contribution >= 4 is 40.8 Å². The highest BCUT2D eigenvalue weighted by Gasteiger charge is 2.63. The Balaban J connectivity index is 1.47. The summed E-state index contributed by atoms with van der Waals surface area (Å²) in [6.07, 6.45) is 1.42. The van der Waals surface area contributed by atoms with Gasteiger partial charge in [-0.15, -0.1) is 0 Å². The van der Waals surface area contributed by atoms with Crippen molar-refractivity contribution in [3.8, 4) is 0 Å². The van der Waals surface area contributed by atoms with Crippen LogP contribution in [0.4, 0.5) is 5.82 Å². The maximum Gasteiger partial charge on any atom is 0.241 e. The molecule has 140 valence electrons. The van der Waals surface area contributed by atoms with Gasteiger partial charge in [0.2, 0.25) is 11.8 Å². The highest BCUT2D eigenvalue weighted by atomic mass is 35.5. The smallest absolute Gasteiger partial charge is 0.241 e. The number of carbonyl (C=O) groups excluding carboxylic acids is 2. The number of benzene rings is 1. The van der Waals surface area contributed by atoms with Gasteiger partial charge in [-0.1, -0.05) is 29.3 Å². The summed E-state index contributed by atoms with van der Waals surface area (Å²) in [5, 5.41) is 5.61. The lowest BCUT2D eigenvalue weighted by Crippen LogP contribution is -2.34. The van der Waals surface area contributed by atoms with E-state index in [-0.39, 0.29) is 35.9 Å². The summed E-state index contributed by atoms with van der Waals surface area (Å²) < 4.78 is 7.49. The van der Waals surface area contributed by atoms with Gasteiger partial charge in [0.1, 0.15) is 0 Å². The van der Waals surface area contributed by atoms with Crippen molar-refractivity contribution in [2.45, 2.75) is 38.5 Å². The number of aryl methyl sites for hydroxylation is 1. The molecule has 3 saturated heterocycles. The van der Waals surface area contributed by atoms with Crippen molar-refractivity contribution in [3.05, 3.63) is 45.6 Å². The summed E-state index contributed by atoms with van der Waals surface area (Å²) in [5.41, 5.74) is 1.57. The minimum Gasteiger partial charge on any atom is -0.373 e. The SMILES string of the molecule is Cc1cc(N2C(=O)[C@@H]3[C@H](C2=O)[C@H]2CC[C@@H]3O2)nn1Cc1c(Cl)cccc1Cl. The van der Waals surface area contributed by atoms with Crippen molar-refractivity contribution in [1.82, 2.24) is 9.78 Å². The summed E-state index contributed by atoms with van der Waals surface area (Å²) in [7, 11) is 0. The predicted molar refractivity (Wildman–Crippen MR) is 99.9 cm³/mol. The average Bonchev–Trinajstić information content (AvgIpc) is 3.36. The molecule has 0 N–H and O–H groups in total. The van der Waals surface area contributed by atoms with Crippen molar-refractivity contribution < 1.29 is 14.3 Å². The van der Waals surface area contributed by atoms with Gasteiger partial charge in [-0.25, -0.2) is 4.90 Å². The van der Waals surface area contributed by atoms with Gasteiger partial charge < -0.3 is 4.74 Å². The molecular weight excluding hydrogens is 389 g/mol. The molecule has 0 unspecified atom stereocenters. The molecule has 0 spiro atoms. The first-order chi connectivity index (χ1) is 13.0. The minimum absolute atomic E-state index is 0.133. The molecule has 2 aromatic rings. The second-order valence-corrected chi connectivity index (χ2v) is 8.17. The first kappa shape index (κ1) is 17.2. The molecule has 0 saturated carbocycles. The summed E-state index contributed by atoms with van der Waals surface area (Å²) in [6.45, 7) is 2.24. The number of carbonyl (C=O) groups is 2. The molecule has 4 heterocycles. The van der Waals surface area contributed by atoms with Gasteiger partial charge in [0.05, 0.1) is 30.6 Å². The Labute approximate surface area is 166 Å². The summed E-state index contributed by atoms with van der Waals surface area (Å²) in [6, 6.07) is 7.08. The third kappa shape index (κ3) is 2.47. The van der Waals surface area contributed by atoms with Crippen molar-refractivity contribution in [3.63, 3.8) is 0 Å². The number of fused-ring (bicyclic) bond motifs is 5. The molecule has 0 aliphatic carbocycles. The van der Waals surface area contributed by atoms with Crippen LogP contribution >= 0.6 is 23.2 Å². The lowest BCUT2D eigenvalue weighted by Gasteiger charge is -2.15. The Morgan fingerprint density at radius 1 is 1.11 bits per heavy atom. The molecular formula is C19H17Cl2N3O3. The molecule has 3 aliphatic rings. The minimum atomic E-state index is -0.361. The zero-order chi connectivity index (χ0) is 18.9. The fraction of sp³-hybridized carbons (Fsp3) is 0.421. The van der Waals surface area contributed by atoms with Gasteiger partial charge in [-0.2, -0.15) is 5.10 Å². The molecule has 5 rings (SSSR count). The van der Waals surface area contributed by atoms with E-state index in [4.69, 9.17) is 27.9 Å². The fourth-order valence-electron chi connectivity index (χ4n) is 4.53. The number of imide groups is 1. The quantitative estimate of drug-likeness (QED) is 0.735. The van der Waals surface area contributed by atoms with E-state index in [2.05, 4.69) is 5.10 Å². The Bertz CT molecular complexity index is 925. The van der Waals surface area contributed by atoms with E-state index in [1.165, 1.54) is 4.90 Å². The third-order valence-corrected chi connectivity index (χ3v) is 6.56. The number of hydrogen-bond donors (Lipinski definition) is 0. The number of hydrogen-bond acceptors (Lipinski definition) is 4. The molecule has 2 bridgehead atoms. The molecule has 0 radical (unpaired) electrons. The fourth-order valence-corrected chi connectivity index (χ4v) is 5.05. The number of halogens is 2. The maximum atomic E-state index is 12.9. The van der Waals surface area contributed by atoms with E-state index in [1.807, 2.05) is 6.92 Å². The highest BCUT2D eigenvalue weighted by Crippen LogP contribution is 2.49. The number of nitrogens with zero attached hydrogens (tertiary/aromatic N) is 3. The second-order valence-electron chi connectivity index (χ2n) is 7.36. The van der Waals surface area contributed by atoms with Gasteiger partial charge in [-0.3, -0.25) is 14.3 Å². The highest BCUT2D eigenvalue weighted by molar-refractivity contribution is 6.36. The maximum absolute atomic E-state index is 12.9. The van der Waals surface area contributed by atoms with E-state index in [9.17, 15) is 9.59 Å². The van der Waals surface area contributed by atoms with Crippen LogP contribution in [-0.4, -0.2) is 33.8 Å². The average molecular weight is 406 g/mol. The largest absolute Gasteiger partial charge is 0.373 e. The Morgan fingerprint density at radius 2 is 1.70 bits per heavy atom. The van der Waals surface area contributed by atoms with Crippen LogP contribution in [0.1, 0.15) is 24.1 Å². The Morgan fingerprint density at radius 3 is 2.30 bits per heavy atom. The number of amides is 2. The van der Waals surface area contributed by atoms with Gasteiger partial charge in [0.25, 0.3) is 0 Å². The normalized spacial score (nSPS) is 29.1. The lowest BCUT2D eigenvalue weighted by atomic mass is 9.81. The third-order valence-electron chi connectivity index (χ3n) is 5.85.